The highest BCUT2D eigenvalue weighted by atomic mass is 16.2. The second-order valence-electron chi connectivity index (χ2n) is 5.48. The van der Waals surface area contributed by atoms with Crippen LogP contribution in [0.1, 0.15) is 19.4 Å². The summed E-state index contributed by atoms with van der Waals surface area (Å²) >= 11 is 0. The van der Waals surface area contributed by atoms with Gasteiger partial charge in [0, 0.05) is 24.0 Å². The summed E-state index contributed by atoms with van der Waals surface area (Å²) in [7, 11) is 0. The predicted octanol–water partition coefficient (Wildman–Crippen LogP) is 3.39. The molecule has 0 bridgehead atoms. The summed E-state index contributed by atoms with van der Waals surface area (Å²) in [5.41, 5.74) is 3.36. The van der Waals surface area contributed by atoms with E-state index < -0.39 is 6.04 Å². The molecule has 0 aliphatic rings. The summed E-state index contributed by atoms with van der Waals surface area (Å²) in [5.74, 6) is -0.258. The van der Waals surface area contributed by atoms with E-state index in [0.29, 0.717) is 5.69 Å². The van der Waals surface area contributed by atoms with E-state index in [-0.39, 0.29) is 11.8 Å². The summed E-state index contributed by atoms with van der Waals surface area (Å²) in [5, 5.41) is 8.70. The van der Waals surface area contributed by atoms with Crippen molar-refractivity contribution in [1.82, 2.24) is 0 Å². The number of rotatable bonds is 5. The van der Waals surface area contributed by atoms with E-state index in [1.807, 2.05) is 43.3 Å². The highest BCUT2D eigenvalue weighted by Crippen LogP contribution is 2.16. The molecule has 3 N–H and O–H groups in total. The molecule has 2 amide bonds. The Morgan fingerprint density at radius 1 is 0.913 bits per heavy atom. The lowest BCUT2D eigenvalue weighted by Crippen LogP contribution is -2.31. The second-order valence-corrected chi connectivity index (χ2v) is 5.48. The monoisotopic (exact) mass is 311 g/mol. The van der Waals surface area contributed by atoms with Gasteiger partial charge in [-0.3, -0.25) is 9.59 Å². The molecule has 2 aromatic carbocycles. The third-order valence-electron chi connectivity index (χ3n) is 3.28. The maximum Gasteiger partial charge on any atom is 0.246 e. The van der Waals surface area contributed by atoms with Gasteiger partial charge in [-0.05, 0) is 44.2 Å². The topological polar surface area (TPSA) is 70.2 Å². The van der Waals surface area contributed by atoms with Crippen LogP contribution in [0.4, 0.5) is 17.1 Å². The Bertz CT molecular complexity index is 696. The number of nitrogens with one attached hydrogen (secondary N) is 3. The first-order valence-electron chi connectivity index (χ1n) is 7.46. The van der Waals surface area contributed by atoms with Crippen molar-refractivity contribution in [3.63, 3.8) is 0 Å². The van der Waals surface area contributed by atoms with Gasteiger partial charge in [-0.25, -0.2) is 0 Å². The van der Waals surface area contributed by atoms with E-state index >= 15 is 0 Å². The van der Waals surface area contributed by atoms with Gasteiger partial charge in [0.2, 0.25) is 11.8 Å². The molecule has 5 heteroatoms. The van der Waals surface area contributed by atoms with Gasteiger partial charge in [0.05, 0.1) is 0 Å². The van der Waals surface area contributed by atoms with Gasteiger partial charge >= 0.3 is 0 Å². The fourth-order valence-electron chi connectivity index (χ4n) is 2.09. The first-order valence-corrected chi connectivity index (χ1v) is 7.46. The third-order valence-corrected chi connectivity index (χ3v) is 3.28. The molecule has 2 rings (SSSR count). The molecule has 5 nitrogen and oxygen atoms in total. The quantitative estimate of drug-likeness (QED) is 0.792. The molecule has 0 aromatic heterocycles. The minimum absolute atomic E-state index is 0.126. The van der Waals surface area contributed by atoms with E-state index in [2.05, 4.69) is 16.0 Å². The maximum atomic E-state index is 12.2. The van der Waals surface area contributed by atoms with Crippen LogP contribution >= 0.6 is 0 Å². The van der Waals surface area contributed by atoms with Crippen molar-refractivity contribution in [2.24, 2.45) is 0 Å². The summed E-state index contributed by atoms with van der Waals surface area (Å²) in [6.07, 6.45) is 0. The van der Waals surface area contributed by atoms with Crippen molar-refractivity contribution in [1.29, 1.82) is 0 Å². The van der Waals surface area contributed by atoms with Crippen LogP contribution in [0.5, 0.6) is 0 Å². The molecule has 0 unspecified atom stereocenters. The molecule has 0 saturated heterocycles. The summed E-state index contributed by atoms with van der Waals surface area (Å²) in [6, 6.07) is 14.5. The van der Waals surface area contributed by atoms with Crippen LogP contribution in [0.2, 0.25) is 0 Å². The van der Waals surface area contributed by atoms with Crippen LogP contribution in [0.3, 0.4) is 0 Å². The molecule has 1 atom stereocenters. The van der Waals surface area contributed by atoms with E-state index in [1.54, 1.807) is 19.1 Å². The first kappa shape index (κ1) is 16.5. The predicted molar refractivity (Wildman–Crippen MR) is 93.6 cm³/mol. The average molecular weight is 311 g/mol. The standard InChI is InChI=1S/C18H21N3O2/c1-12-7-9-15(10-8-12)21-18(23)13(2)19-16-5-4-6-17(11-16)20-14(3)22/h4-11,13,19H,1-3H3,(H,20,22)(H,21,23)/t13-/m0/s1. The number of hydrogen-bond donors (Lipinski definition) is 3. The molecule has 23 heavy (non-hydrogen) atoms. The molecule has 2 aromatic rings. The Balaban J connectivity index is 1.97. The van der Waals surface area contributed by atoms with Gasteiger partial charge in [-0.2, -0.15) is 0 Å². The third kappa shape index (κ3) is 5.14. The smallest absolute Gasteiger partial charge is 0.246 e. The molecule has 0 aliphatic heterocycles. The molecule has 0 radical (unpaired) electrons. The number of carbonyl (C=O) groups excluding carboxylic acids is 2. The van der Waals surface area contributed by atoms with Crippen molar-refractivity contribution in [2.75, 3.05) is 16.0 Å². The normalized spacial score (nSPS) is 11.4. The lowest BCUT2D eigenvalue weighted by molar-refractivity contribution is -0.116. The Morgan fingerprint density at radius 2 is 1.57 bits per heavy atom. The zero-order chi connectivity index (χ0) is 16.8. The van der Waals surface area contributed by atoms with Crippen molar-refractivity contribution < 1.29 is 9.59 Å². The summed E-state index contributed by atoms with van der Waals surface area (Å²) in [4.78, 5) is 23.3. The van der Waals surface area contributed by atoms with Gasteiger partial charge in [0.25, 0.3) is 0 Å². The lowest BCUT2D eigenvalue weighted by Gasteiger charge is -2.16. The van der Waals surface area contributed by atoms with Crippen molar-refractivity contribution in [2.45, 2.75) is 26.8 Å². The summed E-state index contributed by atoms with van der Waals surface area (Å²) in [6.45, 7) is 5.24. The second kappa shape index (κ2) is 7.45. The van der Waals surface area contributed by atoms with Crippen LogP contribution in [0.25, 0.3) is 0 Å². The fourth-order valence-corrected chi connectivity index (χ4v) is 2.09. The Hall–Kier alpha value is -2.82. The number of benzene rings is 2. The number of hydrogen-bond acceptors (Lipinski definition) is 3. The van der Waals surface area contributed by atoms with E-state index in [1.165, 1.54) is 6.92 Å². The fraction of sp³-hybridized carbons (Fsp3) is 0.222. The van der Waals surface area contributed by atoms with Gasteiger partial charge in [0.1, 0.15) is 6.04 Å². The average Bonchev–Trinajstić information content (AvgIpc) is 2.49. The van der Waals surface area contributed by atoms with Crippen molar-refractivity contribution in [3.8, 4) is 0 Å². The Kier molecular flexibility index (Phi) is 5.36. The van der Waals surface area contributed by atoms with Crippen LogP contribution in [-0.4, -0.2) is 17.9 Å². The molecule has 120 valence electrons. The number of anilines is 3. The zero-order valence-electron chi connectivity index (χ0n) is 13.5. The van der Waals surface area contributed by atoms with E-state index in [0.717, 1.165) is 16.9 Å². The van der Waals surface area contributed by atoms with Crippen molar-refractivity contribution in [3.05, 3.63) is 54.1 Å². The number of carbonyl (C=O) groups is 2. The SMILES string of the molecule is CC(=O)Nc1cccc(N[C@@H](C)C(=O)Nc2ccc(C)cc2)c1. The summed E-state index contributed by atoms with van der Waals surface area (Å²) < 4.78 is 0. The van der Waals surface area contributed by atoms with Crippen LogP contribution in [0, 0.1) is 6.92 Å². The molecular weight excluding hydrogens is 290 g/mol. The Morgan fingerprint density at radius 3 is 2.22 bits per heavy atom. The van der Waals surface area contributed by atoms with Gasteiger partial charge in [-0.1, -0.05) is 23.8 Å². The van der Waals surface area contributed by atoms with Crippen LogP contribution < -0.4 is 16.0 Å². The Labute approximate surface area is 136 Å². The van der Waals surface area contributed by atoms with E-state index in [4.69, 9.17) is 0 Å². The van der Waals surface area contributed by atoms with Crippen LogP contribution in [0.15, 0.2) is 48.5 Å². The van der Waals surface area contributed by atoms with Gasteiger partial charge < -0.3 is 16.0 Å². The first-order chi connectivity index (χ1) is 10.9. The molecule has 0 fully saturated rings. The minimum Gasteiger partial charge on any atom is -0.374 e. The largest absolute Gasteiger partial charge is 0.374 e. The zero-order valence-corrected chi connectivity index (χ0v) is 13.5. The maximum absolute atomic E-state index is 12.2. The van der Waals surface area contributed by atoms with Crippen molar-refractivity contribution >= 4 is 28.9 Å². The molecule has 0 saturated carbocycles. The molecule has 0 spiro atoms. The highest BCUT2D eigenvalue weighted by Gasteiger charge is 2.13. The van der Waals surface area contributed by atoms with Gasteiger partial charge in [-0.15, -0.1) is 0 Å². The highest BCUT2D eigenvalue weighted by molar-refractivity contribution is 5.96. The number of amides is 2. The van der Waals surface area contributed by atoms with E-state index in [9.17, 15) is 9.59 Å². The van der Waals surface area contributed by atoms with Crippen LogP contribution in [-0.2, 0) is 9.59 Å². The molecular formula is C18H21N3O2. The molecule has 0 aliphatic carbocycles. The minimum atomic E-state index is -0.413. The van der Waals surface area contributed by atoms with Gasteiger partial charge in [0.15, 0.2) is 0 Å². The molecule has 0 heterocycles. The lowest BCUT2D eigenvalue weighted by atomic mass is 10.2. The number of aryl methyl sites for hydroxylation is 1.